The van der Waals surface area contributed by atoms with E-state index in [1.807, 2.05) is 37.3 Å². The van der Waals surface area contributed by atoms with Gasteiger partial charge in [0.1, 0.15) is 0 Å². The molecule has 1 aromatic rings. The van der Waals surface area contributed by atoms with Crippen LogP contribution in [-0.4, -0.2) is 28.6 Å². The molecule has 4 heteroatoms. The predicted molar refractivity (Wildman–Crippen MR) is 81.2 cm³/mol. The summed E-state index contributed by atoms with van der Waals surface area (Å²) in [5, 5.41) is 12.8. The fourth-order valence-corrected chi connectivity index (χ4v) is 2.51. The Morgan fingerprint density at radius 2 is 2.05 bits per heavy atom. The minimum absolute atomic E-state index is 0.0544. The summed E-state index contributed by atoms with van der Waals surface area (Å²) in [4.78, 5) is 11.8. The number of hydrogen-bond acceptors (Lipinski definition) is 3. The molecule has 0 spiro atoms. The lowest BCUT2D eigenvalue weighted by molar-refractivity contribution is -0.120. The third kappa shape index (κ3) is 6.12. The molecule has 0 aliphatic heterocycles. The smallest absolute Gasteiger partial charge is 0.232 e. The van der Waals surface area contributed by atoms with Crippen LogP contribution in [0.1, 0.15) is 38.4 Å². The number of benzene rings is 1. The first-order chi connectivity index (χ1) is 9.15. The molecule has 2 unspecified atom stereocenters. The minimum Gasteiger partial charge on any atom is -0.388 e. The molecule has 3 nitrogen and oxygen atoms in total. The molecule has 0 heterocycles. The number of carbonyl (C=O) groups is 1. The van der Waals surface area contributed by atoms with Gasteiger partial charge in [-0.15, -0.1) is 11.8 Å². The maximum atomic E-state index is 11.8. The zero-order chi connectivity index (χ0) is 14.1. The number of carbonyl (C=O) groups excluding carboxylic acids is 1. The fourth-order valence-electron chi connectivity index (χ4n) is 1.61. The summed E-state index contributed by atoms with van der Waals surface area (Å²) in [7, 11) is 0. The van der Waals surface area contributed by atoms with Crippen LogP contribution in [0.3, 0.4) is 0 Å². The van der Waals surface area contributed by atoms with E-state index in [4.69, 9.17) is 0 Å². The number of aliphatic hydroxyl groups excluding tert-OH is 1. The van der Waals surface area contributed by atoms with Crippen molar-refractivity contribution in [3.8, 4) is 0 Å². The second-order valence-corrected chi connectivity index (χ2v) is 5.92. The number of nitrogens with one attached hydrogen (secondary N) is 1. The van der Waals surface area contributed by atoms with Crippen LogP contribution in [0.2, 0.25) is 0 Å². The molecule has 0 fully saturated rings. The van der Waals surface area contributed by atoms with E-state index in [1.54, 1.807) is 0 Å². The molecule has 106 valence electrons. The SMILES string of the molecule is CCCCNC(=O)C(C)SCC(O)c1ccccc1. The third-order valence-corrected chi connectivity index (χ3v) is 4.11. The van der Waals surface area contributed by atoms with E-state index in [-0.39, 0.29) is 11.2 Å². The van der Waals surface area contributed by atoms with Gasteiger partial charge in [0.15, 0.2) is 0 Å². The van der Waals surface area contributed by atoms with Gasteiger partial charge in [-0.25, -0.2) is 0 Å². The number of rotatable bonds is 8. The lowest BCUT2D eigenvalue weighted by atomic mass is 10.1. The monoisotopic (exact) mass is 281 g/mol. The maximum absolute atomic E-state index is 11.8. The van der Waals surface area contributed by atoms with Crippen LogP contribution in [-0.2, 0) is 4.79 Å². The van der Waals surface area contributed by atoms with Crippen molar-refractivity contribution in [2.24, 2.45) is 0 Å². The Bertz CT molecular complexity index is 370. The lowest BCUT2D eigenvalue weighted by Gasteiger charge is -2.15. The first kappa shape index (κ1) is 16.1. The predicted octanol–water partition coefficient (Wildman–Crippen LogP) is 2.76. The summed E-state index contributed by atoms with van der Waals surface area (Å²) in [5.74, 6) is 0.588. The topological polar surface area (TPSA) is 49.3 Å². The molecule has 19 heavy (non-hydrogen) atoms. The molecule has 2 atom stereocenters. The normalized spacial score (nSPS) is 13.8. The molecular formula is C15H23NO2S. The average molecular weight is 281 g/mol. The number of amides is 1. The maximum Gasteiger partial charge on any atom is 0.232 e. The van der Waals surface area contributed by atoms with Gasteiger partial charge >= 0.3 is 0 Å². The van der Waals surface area contributed by atoms with Crippen LogP contribution in [0, 0.1) is 0 Å². The average Bonchev–Trinajstić information content (AvgIpc) is 2.45. The summed E-state index contributed by atoms with van der Waals surface area (Å²) < 4.78 is 0. The highest BCUT2D eigenvalue weighted by molar-refractivity contribution is 8.00. The zero-order valence-corrected chi connectivity index (χ0v) is 12.5. The van der Waals surface area contributed by atoms with Gasteiger partial charge in [-0.05, 0) is 18.9 Å². The van der Waals surface area contributed by atoms with Gasteiger partial charge in [-0.2, -0.15) is 0 Å². The van der Waals surface area contributed by atoms with Crippen LogP contribution in [0.25, 0.3) is 0 Å². The molecular weight excluding hydrogens is 258 g/mol. The Kier molecular flexibility index (Phi) is 7.60. The minimum atomic E-state index is -0.517. The second-order valence-electron chi connectivity index (χ2n) is 4.55. The van der Waals surface area contributed by atoms with Gasteiger partial charge in [-0.3, -0.25) is 4.79 Å². The van der Waals surface area contributed by atoms with Gasteiger partial charge in [0, 0.05) is 12.3 Å². The highest BCUT2D eigenvalue weighted by Gasteiger charge is 2.15. The van der Waals surface area contributed by atoms with Crippen LogP contribution in [0.4, 0.5) is 0 Å². The van der Waals surface area contributed by atoms with Crippen molar-refractivity contribution >= 4 is 17.7 Å². The molecule has 1 rings (SSSR count). The quantitative estimate of drug-likeness (QED) is 0.720. The Labute approximate surface area is 119 Å². The fraction of sp³-hybridized carbons (Fsp3) is 0.533. The van der Waals surface area contributed by atoms with Crippen LogP contribution in [0.15, 0.2) is 30.3 Å². The highest BCUT2D eigenvalue weighted by Crippen LogP contribution is 2.21. The first-order valence-corrected chi connectivity index (χ1v) is 7.82. The summed E-state index contributed by atoms with van der Waals surface area (Å²) in [5.41, 5.74) is 0.897. The molecule has 0 aliphatic rings. The Balaban J connectivity index is 2.29. The number of hydrogen-bond donors (Lipinski definition) is 2. The largest absolute Gasteiger partial charge is 0.388 e. The number of unbranched alkanes of at least 4 members (excludes halogenated alkanes) is 1. The van der Waals surface area contributed by atoms with E-state index in [1.165, 1.54) is 11.8 Å². The zero-order valence-electron chi connectivity index (χ0n) is 11.6. The third-order valence-electron chi connectivity index (χ3n) is 2.89. The molecule has 0 radical (unpaired) electrons. The van der Waals surface area contributed by atoms with E-state index < -0.39 is 6.10 Å². The lowest BCUT2D eigenvalue weighted by Crippen LogP contribution is -2.32. The van der Waals surface area contributed by atoms with Crippen molar-refractivity contribution in [3.05, 3.63) is 35.9 Å². The second kappa shape index (κ2) is 8.99. The Morgan fingerprint density at radius 3 is 2.68 bits per heavy atom. The molecule has 0 saturated heterocycles. The van der Waals surface area contributed by atoms with Gasteiger partial charge in [0.2, 0.25) is 5.91 Å². The van der Waals surface area contributed by atoms with E-state index in [9.17, 15) is 9.90 Å². The molecule has 2 N–H and O–H groups in total. The molecule has 1 amide bonds. The van der Waals surface area contributed by atoms with Crippen molar-refractivity contribution in [3.63, 3.8) is 0 Å². The van der Waals surface area contributed by atoms with E-state index >= 15 is 0 Å². The van der Waals surface area contributed by atoms with Crippen LogP contribution < -0.4 is 5.32 Å². The summed E-state index contributed by atoms with van der Waals surface area (Å²) >= 11 is 1.48. The molecule has 0 bridgehead atoms. The first-order valence-electron chi connectivity index (χ1n) is 6.77. The van der Waals surface area contributed by atoms with Crippen LogP contribution in [0.5, 0.6) is 0 Å². The van der Waals surface area contributed by atoms with Crippen molar-refractivity contribution in [2.45, 2.75) is 38.0 Å². The van der Waals surface area contributed by atoms with Gasteiger partial charge in [-0.1, -0.05) is 43.7 Å². The molecule has 0 aliphatic carbocycles. The Morgan fingerprint density at radius 1 is 1.37 bits per heavy atom. The van der Waals surface area contributed by atoms with Crippen LogP contribution >= 0.6 is 11.8 Å². The van der Waals surface area contributed by atoms with E-state index in [0.717, 1.165) is 24.9 Å². The molecule has 0 aromatic heterocycles. The standard InChI is InChI=1S/C15H23NO2S/c1-3-4-10-16-15(18)12(2)19-11-14(17)13-8-6-5-7-9-13/h5-9,12,14,17H,3-4,10-11H2,1-2H3,(H,16,18). The van der Waals surface area contributed by atoms with Crippen molar-refractivity contribution in [1.29, 1.82) is 0 Å². The van der Waals surface area contributed by atoms with E-state index in [2.05, 4.69) is 12.2 Å². The van der Waals surface area contributed by atoms with Crippen molar-refractivity contribution in [2.75, 3.05) is 12.3 Å². The molecule has 0 saturated carbocycles. The summed E-state index contributed by atoms with van der Waals surface area (Å²) in [6, 6.07) is 9.54. The number of thioether (sulfide) groups is 1. The molecule has 1 aromatic carbocycles. The van der Waals surface area contributed by atoms with Gasteiger partial charge < -0.3 is 10.4 Å². The van der Waals surface area contributed by atoms with Crippen molar-refractivity contribution in [1.82, 2.24) is 5.32 Å². The van der Waals surface area contributed by atoms with Gasteiger partial charge in [0.05, 0.1) is 11.4 Å². The van der Waals surface area contributed by atoms with Gasteiger partial charge in [0.25, 0.3) is 0 Å². The van der Waals surface area contributed by atoms with E-state index in [0.29, 0.717) is 5.75 Å². The summed E-state index contributed by atoms with van der Waals surface area (Å²) in [6.45, 7) is 4.71. The number of aliphatic hydroxyl groups is 1. The van der Waals surface area contributed by atoms with Crippen molar-refractivity contribution < 1.29 is 9.90 Å². The summed E-state index contributed by atoms with van der Waals surface area (Å²) in [6.07, 6.45) is 1.57. The Hall–Kier alpha value is -1.00. The highest BCUT2D eigenvalue weighted by atomic mass is 32.2.